The standard InChI is InChI=1S/C25H20F7N5/c26-18-10-8-17(9-11-18)20-21(37(15-35-20)22(24(27,28)29)25(30,31)32)19-12-14-34-23(36-19)33-13-4-7-16-5-2-1-3-6-16/h1-3,5-6,8-12,14-15,22H,4,7,13H2,(H,33,34,36). The SMILES string of the molecule is Fc1ccc(-c2ncn(C(C(F)(F)F)C(F)(F)F)c2-c2ccnc(NCCCc3ccccc3)n2)cc1. The monoisotopic (exact) mass is 523 g/mol. The molecule has 194 valence electrons. The predicted octanol–water partition coefficient (Wildman–Crippen LogP) is 6.86. The first-order valence-corrected chi connectivity index (χ1v) is 11.1. The second-order valence-corrected chi connectivity index (χ2v) is 8.12. The van der Waals surface area contributed by atoms with Crippen LogP contribution in [0.2, 0.25) is 0 Å². The number of imidazole rings is 1. The van der Waals surface area contributed by atoms with Gasteiger partial charge in [0.25, 0.3) is 0 Å². The van der Waals surface area contributed by atoms with Crippen molar-refractivity contribution in [3.63, 3.8) is 0 Å². The number of aryl methyl sites for hydroxylation is 1. The van der Waals surface area contributed by atoms with Crippen LogP contribution in [0.5, 0.6) is 0 Å². The summed E-state index contributed by atoms with van der Waals surface area (Å²) < 4.78 is 95.2. The predicted molar refractivity (Wildman–Crippen MR) is 123 cm³/mol. The van der Waals surface area contributed by atoms with Crippen molar-refractivity contribution in [1.82, 2.24) is 19.5 Å². The van der Waals surface area contributed by atoms with Crippen LogP contribution in [0.3, 0.4) is 0 Å². The Hall–Kier alpha value is -3.96. The van der Waals surface area contributed by atoms with Crippen LogP contribution in [-0.2, 0) is 6.42 Å². The molecule has 0 unspecified atom stereocenters. The average Bonchev–Trinajstić information content (AvgIpc) is 3.25. The van der Waals surface area contributed by atoms with Gasteiger partial charge >= 0.3 is 12.4 Å². The van der Waals surface area contributed by atoms with Crippen LogP contribution in [0.1, 0.15) is 18.0 Å². The van der Waals surface area contributed by atoms with Crippen molar-refractivity contribution in [2.24, 2.45) is 0 Å². The molecule has 0 aliphatic heterocycles. The van der Waals surface area contributed by atoms with Crippen LogP contribution < -0.4 is 5.32 Å². The van der Waals surface area contributed by atoms with E-state index in [4.69, 9.17) is 0 Å². The summed E-state index contributed by atoms with van der Waals surface area (Å²) in [5.41, 5.74) is 0.274. The van der Waals surface area contributed by atoms with Crippen molar-refractivity contribution in [2.45, 2.75) is 31.2 Å². The van der Waals surface area contributed by atoms with Gasteiger partial charge in [0.2, 0.25) is 12.0 Å². The van der Waals surface area contributed by atoms with E-state index in [-0.39, 0.29) is 27.5 Å². The highest BCUT2D eigenvalue weighted by atomic mass is 19.4. The second kappa shape index (κ2) is 10.6. The number of anilines is 1. The quantitative estimate of drug-likeness (QED) is 0.203. The highest BCUT2D eigenvalue weighted by molar-refractivity contribution is 5.77. The lowest BCUT2D eigenvalue weighted by molar-refractivity contribution is -0.273. The van der Waals surface area contributed by atoms with Crippen molar-refractivity contribution in [1.29, 1.82) is 0 Å². The molecule has 0 atom stereocenters. The van der Waals surface area contributed by atoms with Gasteiger partial charge in [0.1, 0.15) is 5.82 Å². The van der Waals surface area contributed by atoms with Crippen LogP contribution in [-0.4, -0.2) is 38.4 Å². The molecule has 0 fully saturated rings. The summed E-state index contributed by atoms with van der Waals surface area (Å²) in [7, 11) is 0. The minimum Gasteiger partial charge on any atom is -0.354 e. The van der Waals surface area contributed by atoms with Gasteiger partial charge in [-0.05, 0) is 48.7 Å². The molecule has 2 aromatic carbocycles. The Morgan fingerprint density at radius 1 is 0.838 bits per heavy atom. The van der Waals surface area contributed by atoms with Gasteiger partial charge in [-0.2, -0.15) is 26.3 Å². The van der Waals surface area contributed by atoms with Crippen molar-refractivity contribution in [2.75, 3.05) is 11.9 Å². The molecule has 0 amide bonds. The molecule has 12 heteroatoms. The Morgan fingerprint density at radius 2 is 1.51 bits per heavy atom. The Balaban J connectivity index is 1.70. The number of halogens is 7. The van der Waals surface area contributed by atoms with Gasteiger partial charge in [0.05, 0.1) is 23.4 Å². The van der Waals surface area contributed by atoms with E-state index in [1.165, 1.54) is 24.4 Å². The summed E-state index contributed by atoms with van der Waals surface area (Å²) in [5, 5.41) is 2.95. The zero-order chi connectivity index (χ0) is 26.6. The third kappa shape index (κ3) is 6.25. The molecule has 4 aromatic rings. The normalized spacial score (nSPS) is 12.2. The average molecular weight is 523 g/mol. The fourth-order valence-electron chi connectivity index (χ4n) is 3.84. The van der Waals surface area contributed by atoms with Crippen LogP contribution in [0, 0.1) is 5.82 Å². The molecular weight excluding hydrogens is 503 g/mol. The van der Waals surface area contributed by atoms with Crippen LogP contribution in [0.15, 0.2) is 73.2 Å². The number of hydrogen-bond acceptors (Lipinski definition) is 4. The Kier molecular flexibility index (Phi) is 7.46. The van der Waals surface area contributed by atoms with Gasteiger partial charge in [-0.3, -0.25) is 0 Å². The summed E-state index contributed by atoms with van der Waals surface area (Å²) >= 11 is 0. The van der Waals surface area contributed by atoms with E-state index in [2.05, 4.69) is 20.3 Å². The molecule has 4 rings (SSSR count). The molecule has 37 heavy (non-hydrogen) atoms. The van der Waals surface area contributed by atoms with Crippen LogP contribution >= 0.6 is 0 Å². The molecule has 0 radical (unpaired) electrons. The van der Waals surface area contributed by atoms with E-state index >= 15 is 0 Å². The summed E-state index contributed by atoms with van der Waals surface area (Å²) in [5.74, 6) is -0.601. The van der Waals surface area contributed by atoms with E-state index in [0.29, 0.717) is 19.3 Å². The summed E-state index contributed by atoms with van der Waals surface area (Å²) in [6.07, 6.45) is -8.22. The smallest absolute Gasteiger partial charge is 0.354 e. The number of hydrogen-bond donors (Lipinski definition) is 1. The Bertz CT molecular complexity index is 1300. The zero-order valence-corrected chi connectivity index (χ0v) is 19.1. The number of benzene rings is 2. The van der Waals surface area contributed by atoms with Crippen molar-refractivity contribution in [3.8, 4) is 22.6 Å². The molecule has 2 heterocycles. The third-order valence-corrected chi connectivity index (χ3v) is 5.48. The fraction of sp³-hybridized carbons (Fsp3) is 0.240. The molecule has 0 aliphatic rings. The lowest BCUT2D eigenvalue weighted by Crippen LogP contribution is -2.38. The third-order valence-electron chi connectivity index (χ3n) is 5.48. The van der Waals surface area contributed by atoms with Crippen molar-refractivity contribution >= 4 is 5.95 Å². The molecule has 2 aromatic heterocycles. The van der Waals surface area contributed by atoms with Gasteiger partial charge in [-0.15, -0.1) is 0 Å². The fourth-order valence-corrected chi connectivity index (χ4v) is 3.84. The lowest BCUT2D eigenvalue weighted by Gasteiger charge is -2.25. The molecule has 0 saturated heterocycles. The lowest BCUT2D eigenvalue weighted by atomic mass is 10.1. The summed E-state index contributed by atoms with van der Waals surface area (Å²) in [4.78, 5) is 12.1. The summed E-state index contributed by atoms with van der Waals surface area (Å²) in [6.45, 7) is 0.413. The summed E-state index contributed by atoms with van der Waals surface area (Å²) in [6, 6.07) is 11.5. The van der Waals surface area contributed by atoms with Crippen LogP contribution in [0.4, 0.5) is 36.7 Å². The first-order chi connectivity index (χ1) is 17.5. The van der Waals surface area contributed by atoms with Gasteiger partial charge in [0, 0.05) is 18.3 Å². The Morgan fingerprint density at radius 3 is 2.16 bits per heavy atom. The molecule has 0 bridgehead atoms. The maximum atomic E-state index is 13.6. The molecule has 0 saturated carbocycles. The van der Waals surface area contributed by atoms with Gasteiger partial charge in [-0.1, -0.05) is 30.3 Å². The molecule has 0 aliphatic carbocycles. The highest BCUT2D eigenvalue weighted by Gasteiger charge is 2.58. The Labute approximate surface area is 207 Å². The van der Waals surface area contributed by atoms with Crippen LogP contribution in [0.25, 0.3) is 22.6 Å². The number of nitrogens with zero attached hydrogens (tertiary/aromatic N) is 4. The molecule has 5 nitrogen and oxygen atoms in total. The number of alkyl halides is 6. The first kappa shape index (κ1) is 26.1. The molecule has 1 N–H and O–H groups in total. The maximum Gasteiger partial charge on any atom is 0.418 e. The van der Waals surface area contributed by atoms with E-state index in [9.17, 15) is 30.7 Å². The van der Waals surface area contributed by atoms with Gasteiger partial charge in [-0.25, -0.2) is 19.3 Å². The number of nitrogens with one attached hydrogen (secondary N) is 1. The highest BCUT2D eigenvalue weighted by Crippen LogP contribution is 2.46. The first-order valence-electron chi connectivity index (χ1n) is 11.1. The van der Waals surface area contributed by atoms with E-state index < -0.39 is 29.9 Å². The topological polar surface area (TPSA) is 55.6 Å². The van der Waals surface area contributed by atoms with E-state index in [0.717, 1.165) is 24.1 Å². The maximum absolute atomic E-state index is 13.6. The largest absolute Gasteiger partial charge is 0.418 e. The molecular formula is C25H20F7N5. The van der Waals surface area contributed by atoms with E-state index in [1.54, 1.807) is 0 Å². The zero-order valence-electron chi connectivity index (χ0n) is 19.1. The minimum absolute atomic E-state index is 0.000205. The van der Waals surface area contributed by atoms with Gasteiger partial charge < -0.3 is 9.88 Å². The van der Waals surface area contributed by atoms with Crippen molar-refractivity contribution in [3.05, 3.63) is 84.6 Å². The number of aromatic nitrogens is 4. The number of rotatable bonds is 8. The minimum atomic E-state index is -5.67. The second-order valence-electron chi connectivity index (χ2n) is 8.12. The van der Waals surface area contributed by atoms with Gasteiger partial charge in [0.15, 0.2) is 0 Å². The van der Waals surface area contributed by atoms with Crippen molar-refractivity contribution < 1.29 is 30.7 Å². The van der Waals surface area contributed by atoms with E-state index in [1.807, 2.05) is 30.3 Å². The molecule has 0 spiro atoms.